The minimum Gasteiger partial charge on any atom is -0.399 e. The molecule has 0 atom stereocenters. The summed E-state index contributed by atoms with van der Waals surface area (Å²) in [4.78, 5) is 0.905. The Balaban J connectivity index is 2.18. The lowest BCUT2D eigenvalue weighted by Gasteiger charge is -1.95. The van der Waals surface area contributed by atoms with Gasteiger partial charge in [-0.1, -0.05) is 6.07 Å². The van der Waals surface area contributed by atoms with Gasteiger partial charge in [0.05, 0.1) is 11.4 Å². The van der Waals surface area contributed by atoms with Crippen molar-refractivity contribution >= 4 is 29.7 Å². The first kappa shape index (κ1) is 10.7. The van der Waals surface area contributed by atoms with Crippen LogP contribution in [-0.2, 0) is 0 Å². The third-order valence-corrected chi connectivity index (χ3v) is 2.30. The van der Waals surface area contributed by atoms with Crippen LogP contribution in [0.2, 0.25) is 0 Å². The fourth-order valence-electron chi connectivity index (χ4n) is 1.22. The summed E-state index contributed by atoms with van der Waals surface area (Å²) in [5.41, 5.74) is 7.86. The summed E-state index contributed by atoms with van der Waals surface area (Å²) >= 11 is 4.19. The van der Waals surface area contributed by atoms with Gasteiger partial charge in [0.2, 0.25) is 0 Å². The van der Waals surface area contributed by atoms with Crippen LogP contribution in [0.5, 0.6) is 0 Å². The highest BCUT2D eigenvalue weighted by Gasteiger charge is 1.91. The Morgan fingerprint density at radius 1 is 0.875 bits per heavy atom. The summed E-state index contributed by atoms with van der Waals surface area (Å²) in [5, 5.41) is 8.18. The van der Waals surface area contributed by atoms with Gasteiger partial charge >= 0.3 is 0 Å². The number of nitrogens with two attached hydrogens (primary N) is 1. The molecule has 0 amide bonds. The number of benzene rings is 2. The molecule has 2 N–H and O–H groups in total. The summed E-state index contributed by atoms with van der Waals surface area (Å²) in [7, 11) is 0. The first-order valence-electron chi connectivity index (χ1n) is 4.80. The number of thiol groups is 1. The van der Waals surface area contributed by atoms with E-state index in [0.717, 1.165) is 16.3 Å². The Morgan fingerprint density at radius 3 is 2.25 bits per heavy atom. The average molecular weight is 229 g/mol. The number of hydrogen-bond acceptors (Lipinski definition) is 4. The van der Waals surface area contributed by atoms with Gasteiger partial charge in [-0.05, 0) is 42.5 Å². The third-order valence-electron chi connectivity index (χ3n) is 2.00. The lowest BCUT2D eigenvalue weighted by Crippen LogP contribution is -1.80. The Morgan fingerprint density at radius 2 is 1.56 bits per heavy atom. The van der Waals surface area contributed by atoms with Crippen molar-refractivity contribution in [2.45, 2.75) is 4.90 Å². The van der Waals surface area contributed by atoms with E-state index < -0.39 is 0 Å². The van der Waals surface area contributed by atoms with Crippen molar-refractivity contribution in [3.63, 3.8) is 0 Å². The quantitative estimate of drug-likeness (QED) is 0.457. The molecule has 0 heterocycles. The second-order valence-electron chi connectivity index (χ2n) is 3.31. The van der Waals surface area contributed by atoms with Crippen LogP contribution < -0.4 is 5.73 Å². The number of nitrogens with zero attached hydrogens (tertiary/aromatic N) is 2. The predicted octanol–water partition coefficient (Wildman–Crippen LogP) is 3.97. The number of azo groups is 1. The van der Waals surface area contributed by atoms with Gasteiger partial charge in [0, 0.05) is 10.6 Å². The highest BCUT2D eigenvalue weighted by molar-refractivity contribution is 7.80. The molecule has 2 rings (SSSR count). The summed E-state index contributed by atoms with van der Waals surface area (Å²) in [6.07, 6.45) is 0. The summed E-state index contributed by atoms with van der Waals surface area (Å²) in [6, 6.07) is 14.8. The number of rotatable bonds is 2. The first-order chi connectivity index (χ1) is 7.74. The molecule has 0 saturated carbocycles. The van der Waals surface area contributed by atoms with E-state index in [4.69, 9.17) is 5.73 Å². The number of hydrogen-bond donors (Lipinski definition) is 2. The minimum atomic E-state index is 0.683. The zero-order chi connectivity index (χ0) is 11.4. The zero-order valence-electron chi connectivity index (χ0n) is 8.54. The maximum absolute atomic E-state index is 5.64. The molecule has 0 aliphatic heterocycles. The van der Waals surface area contributed by atoms with Crippen molar-refractivity contribution in [3.8, 4) is 0 Å². The van der Waals surface area contributed by atoms with Gasteiger partial charge in [0.25, 0.3) is 0 Å². The molecule has 0 fully saturated rings. The predicted molar refractivity (Wildman–Crippen MR) is 68.7 cm³/mol. The van der Waals surface area contributed by atoms with Crippen molar-refractivity contribution in [1.82, 2.24) is 0 Å². The molecule has 80 valence electrons. The molecule has 2 aromatic carbocycles. The highest BCUT2D eigenvalue weighted by Crippen LogP contribution is 2.20. The topological polar surface area (TPSA) is 50.7 Å². The zero-order valence-corrected chi connectivity index (χ0v) is 9.43. The van der Waals surface area contributed by atoms with E-state index >= 15 is 0 Å². The standard InChI is InChI=1S/C12H11N3S/c13-9-2-1-3-11(8-9)15-14-10-4-6-12(16)7-5-10/h1-8,16H,13H2. The van der Waals surface area contributed by atoms with Crippen molar-refractivity contribution in [1.29, 1.82) is 0 Å². The smallest absolute Gasteiger partial charge is 0.0877 e. The SMILES string of the molecule is Nc1cccc(N=Nc2ccc(S)cc2)c1. The second kappa shape index (κ2) is 4.81. The molecular formula is C12H11N3S. The molecule has 0 aliphatic rings. The Bertz CT molecular complexity index is 506. The Kier molecular flexibility index (Phi) is 3.22. The molecule has 0 aromatic heterocycles. The number of anilines is 1. The Hall–Kier alpha value is -1.81. The van der Waals surface area contributed by atoms with E-state index in [9.17, 15) is 0 Å². The minimum absolute atomic E-state index is 0.683. The van der Waals surface area contributed by atoms with Gasteiger partial charge in [-0.15, -0.1) is 12.6 Å². The first-order valence-corrected chi connectivity index (χ1v) is 5.25. The summed E-state index contributed by atoms with van der Waals surface area (Å²) < 4.78 is 0. The van der Waals surface area contributed by atoms with E-state index in [1.807, 2.05) is 42.5 Å². The molecule has 16 heavy (non-hydrogen) atoms. The van der Waals surface area contributed by atoms with Gasteiger partial charge in [-0.2, -0.15) is 10.2 Å². The van der Waals surface area contributed by atoms with Gasteiger partial charge in [-0.3, -0.25) is 0 Å². The fourth-order valence-corrected chi connectivity index (χ4v) is 1.37. The van der Waals surface area contributed by atoms with Crippen LogP contribution in [0.3, 0.4) is 0 Å². The van der Waals surface area contributed by atoms with E-state index in [1.165, 1.54) is 0 Å². The molecular weight excluding hydrogens is 218 g/mol. The lowest BCUT2D eigenvalue weighted by atomic mass is 10.3. The molecule has 0 spiro atoms. The summed E-state index contributed by atoms with van der Waals surface area (Å²) in [5.74, 6) is 0. The van der Waals surface area contributed by atoms with E-state index in [1.54, 1.807) is 6.07 Å². The summed E-state index contributed by atoms with van der Waals surface area (Å²) in [6.45, 7) is 0. The largest absolute Gasteiger partial charge is 0.399 e. The van der Waals surface area contributed by atoms with Crippen molar-refractivity contribution in [2.75, 3.05) is 5.73 Å². The lowest BCUT2D eigenvalue weighted by molar-refractivity contribution is 1.22. The van der Waals surface area contributed by atoms with E-state index in [2.05, 4.69) is 22.9 Å². The van der Waals surface area contributed by atoms with Gasteiger partial charge in [0.1, 0.15) is 0 Å². The van der Waals surface area contributed by atoms with Crippen LogP contribution in [0, 0.1) is 0 Å². The highest BCUT2D eigenvalue weighted by atomic mass is 32.1. The fraction of sp³-hybridized carbons (Fsp3) is 0. The Labute approximate surface area is 99.4 Å². The van der Waals surface area contributed by atoms with Gasteiger partial charge < -0.3 is 5.73 Å². The van der Waals surface area contributed by atoms with Crippen molar-refractivity contribution in [2.24, 2.45) is 10.2 Å². The maximum Gasteiger partial charge on any atom is 0.0877 e. The maximum atomic E-state index is 5.64. The second-order valence-corrected chi connectivity index (χ2v) is 3.83. The van der Waals surface area contributed by atoms with Gasteiger partial charge in [-0.25, -0.2) is 0 Å². The van der Waals surface area contributed by atoms with Crippen molar-refractivity contribution < 1.29 is 0 Å². The normalized spacial score (nSPS) is 10.8. The van der Waals surface area contributed by atoms with Gasteiger partial charge in [0.15, 0.2) is 0 Å². The van der Waals surface area contributed by atoms with Crippen LogP contribution in [0.4, 0.5) is 17.1 Å². The number of nitrogen functional groups attached to an aromatic ring is 1. The molecule has 0 bridgehead atoms. The molecule has 3 nitrogen and oxygen atoms in total. The van der Waals surface area contributed by atoms with Crippen molar-refractivity contribution in [3.05, 3.63) is 48.5 Å². The van der Waals surface area contributed by atoms with E-state index in [0.29, 0.717) is 5.69 Å². The third kappa shape index (κ3) is 2.84. The van der Waals surface area contributed by atoms with Crippen LogP contribution in [0.1, 0.15) is 0 Å². The average Bonchev–Trinajstić information content (AvgIpc) is 2.28. The van der Waals surface area contributed by atoms with E-state index in [-0.39, 0.29) is 0 Å². The van der Waals surface area contributed by atoms with Crippen LogP contribution >= 0.6 is 12.6 Å². The molecule has 0 aliphatic carbocycles. The monoisotopic (exact) mass is 229 g/mol. The molecule has 0 unspecified atom stereocenters. The molecule has 0 radical (unpaired) electrons. The van der Waals surface area contributed by atoms with Crippen LogP contribution in [0.15, 0.2) is 63.7 Å². The molecule has 0 saturated heterocycles. The van der Waals surface area contributed by atoms with Crippen LogP contribution in [-0.4, -0.2) is 0 Å². The molecule has 4 heteroatoms. The van der Waals surface area contributed by atoms with Crippen LogP contribution in [0.25, 0.3) is 0 Å². The molecule has 2 aromatic rings.